The van der Waals surface area contributed by atoms with Crippen LogP contribution >= 0.6 is 0 Å². The predicted octanol–water partition coefficient (Wildman–Crippen LogP) is 2.87. The number of alkyl carbamates (subject to hydrolysis) is 1. The van der Waals surface area contributed by atoms with Crippen molar-refractivity contribution < 1.29 is 29.0 Å². The molecule has 164 valence electrons. The molecule has 0 aliphatic heterocycles. The van der Waals surface area contributed by atoms with Crippen LogP contribution in [-0.4, -0.2) is 42.5 Å². The standard InChI is InChI=1S/C22H25N3O6/c1-2-30-22(29)24-19(17-6-4-3-5-7-17)14-20(26)25-23-15-16-8-10-18(11-9-16)31-13-12-21(27)28/h3-11,15,19H,2,12-14H2,1H3,(H,24,29)(H,25,26)(H,27,28). The van der Waals surface area contributed by atoms with Crippen LogP contribution in [0.1, 0.15) is 36.9 Å². The molecule has 0 heterocycles. The van der Waals surface area contributed by atoms with Crippen LogP contribution in [0.5, 0.6) is 5.75 Å². The molecular weight excluding hydrogens is 402 g/mol. The maximum atomic E-state index is 12.3. The molecule has 2 aromatic rings. The molecule has 0 spiro atoms. The first-order valence-electron chi connectivity index (χ1n) is 9.72. The summed E-state index contributed by atoms with van der Waals surface area (Å²) in [7, 11) is 0. The van der Waals surface area contributed by atoms with Gasteiger partial charge in [-0.2, -0.15) is 5.10 Å². The molecule has 0 aliphatic carbocycles. The average molecular weight is 427 g/mol. The van der Waals surface area contributed by atoms with Crippen molar-refractivity contribution >= 4 is 24.2 Å². The van der Waals surface area contributed by atoms with Crippen molar-refractivity contribution in [2.24, 2.45) is 5.10 Å². The van der Waals surface area contributed by atoms with Crippen molar-refractivity contribution in [2.75, 3.05) is 13.2 Å². The summed E-state index contributed by atoms with van der Waals surface area (Å²) in [6.07, 6.45) is 0.772. The van der Waals surface area contributed by atoms with Crippen LogP contribution in [0, 0.1) is 0 Å². The molecule has 2 rings (SSSR count). The third-order valence-corrected chi connectivity index (χ3v) is 4.03. The van der Waals surface area contributed by atoms with Crippen LogP contribution in [-0.2, 0) is 14.3 Å². The number of carboxylic acids is 1. The van der Waals surface area contributed by atoms with Gasteiger partial charge in [0.25, 0.3) is 0 Å². The number of benzene rings is 2. The van der Waals surface area contributed by atoms with Crippen molar-refractivity contribution in [3.63, 3.8) is 0 Å². The van der Waals surface area contributed by atoms with Crippen LogP contribution in [0.15, 0.2) is 59.7 Å². The van der Waals surface area contributed by atoms with Gasteiger partial charge in [-0.1, -0.05) is 30.3 Å². The van der Waals surface area contributed by atoms with Crippen LogP contribution in [0.25, 0.3) is 0 Å². The maximum absolute atomic E-state index is 12.3. The number of carbonyl (C=O) groups is 3. The van der Waals surface area contributed by atoms with Crippen molar-refractivity contribution in [3.05, 3.63) is 65.7 Å². The van der Waals surface area contributed by atoms with E-state index in [-0.39, 0.29) is 32.0 Å². The SMILES string of the molecule is CCOC(=O)NC(CC(=O)NN=Cc1ccc(OCCC(=O)O)cc1)c1ccccc1. The molecule has 1 unspecified atom stereocenters. The van der Waals surface area contributed by atoms with Gasteiger partial charge in [0, 0.05) is 0 Å². The lowest BCUT2D eigenvalue weighted by Gasteiger charge is -2.18. The van der Waals surface area contributed by atoms with Gasteiger partial charge in [-0.3, -0.25) is 9.59 Å². The lowest BCUT2D eigenvalue weighted by Crippen LogP contribution is -2.33. The minimum absolute atomic E-state index is 0.0173. The van der Waals surface area contributed by atoms with Crippen LogP contribution in [0.4, 0.5) is 4.79 Å². The van der Waals surface area contributed by atoms with E-state index in [0.29, 0.717) is 5.75 Å². The summed E-state index contributed by atoms with van der Waals surface area (Å²) in [5, 5.41) is 15.2. The topological polar surface area (TPSA) is 126 Å². The van der Waals surface area contributed by atoms with E-state index in [9.17, 15) is 14.4 Å². The molecule has 0 radical (unpaired) electrons. The molecule has 3 N–H and O–H groups in total. The molecule has 1 atom stereocenters. The lowest BCUT2D eigenvalue weighted by atomic mass is 10.0. The minimum atomic E-state index is -0.925. The van der Waals surface area contributed by atoms with Gasteiger partial charge in [-0.15, -0.1) is 0 Å². The van der Waals surface area contributed by atoms with Gasteiger partial charge in [0.2, 0.25) is 5.91 Å². The van der Waals surface area contributed by atoms with Gasteiger partial charge in [-0.25, -0.2) is 10.2 Å². The molecule has 2 aromatic carbocycles. The van der Waals surface area contributed by atoms with Gasteiger partial charge in [-0.05, 0) is 42.3 Å². The summed E-state index contributed by atoms with van der Waals surface area (Å²) in [5.74, 6) is -0.764. The molecule has 0 fully saturated rings. The zero-order valence-electron chi connectivity index (χ0n) is 17.1. The zero-order valence-corrected chi connectivity index (χ0v) is 17.1. The zero-order chi connectivity index (χ0) is 22.5. The third kappa shape index (κ3) is 8.99. The Morgan fingerprint density at radius 3 is 2.45 bits per heavy atom. The van der Waals surface area contributed by atoms with E-state index in [1.54, 1.807) is 31.2 Å². The van der Waals surface area contributed by atoms with E-state index in [1.165, 1.54) is 6.21 Å². The van der Waals surface area contributed by atoms with Crippen LogP contribution < -0.4 is 15.5 Å². The number of nitrogens with zero attached hydrogens (tertiary/aromatic N) is 1. The Kier molecular flexibility index (Phi) is 9.54. The first kappa shape index (κ1) is 23.4. The second-order valence-corrected chi connectivity index (χ2v) is 6.39. The Bertz CT molecular complexity index is 884. The number of aliphatic carboxylic acids is 1. The van der Waals surface area contributed by atoms with E-state index in [4.69, 9.17) is 14.6 Å². The van der Waals surface area contributed by atoms with Crippen LogP contribution in [0.3, 0.4) is 0 Å². The molecule has 0 aromatic heterocycles. The van der Waals surface area contributed by atoms with Crippen molar-refractivity contribution in [1.29, 1.82) is 0 Å². The van der Waals surface area contributed by atoms with E-state index < -0.39 is 18.1 Å². The highest BCUT2D eigenvalue weighted by Gasteiger charge is 2.18. The molecule has 2 amide bonds. The number of amides is 2. The number of ether oxygens (including phenoxy) is 2. The van der Waals surface area contributed by atoms with E-state index in [1.807, 2.05) is 30.3 Å². The van der Waals surface area contributed by atoms with Gasteiger partial charge >= 0.3 is 12.1 Å². The van der Waals surface area contributed by atoms with Gasteiger partial charge < -0.3 is 19.9 Å². The Labute approximate surface area is 180 Å². The summed E-state index contributed by atoms with van der Waals surface area (Å²) in [6.45, 7) is 2.02. The Morgan fingerprint density at radius 1 is 1.10 bits per heavy atom. The molecule has 0 saturated heterocycles. The van der Waals surface area contributed by atoms with Crippen molar-refractivity contribution in [3.8, 4) is 5.75 Å². The average Bonchev–Trinajstić information content (AvgIpc) is 2.75. The Hall–Kier alpha value is -3.88. The van der Waals surface area contributed by atoms with Crippen LogP contribution in [0.2, 0.25) is 0 Å². The minimum Gasteiger partial charge on any atom is -0.493 e. The first-order valence-corrected chi connectivity index (χ1v) is 9.72. The highest BCUT2D eigenvalue weighted by molar-refractivity contribution is 5.83. The fourth-order valence-corrected chi connectivity index (χ4v) is 2.57. The number of rotatable bonds is 11. The number of hydrogen-bond donors (Lipinski definition) is 3. The molecule has 0 saturated carbocycles. The summed E-state index contributed by atoms with van der Waals surface area (Å²) in [6, 6.07) is 15.4. The Balaban J connectivity index is 1.88. The highest BCUT2D eigenvalue weighted by atomic mass is 16.5. The van der Waals surface area contributed by atoms with E-state index in [0.717, 1.165) is 11.1 Å². The quantitative estimate of drug-likeness (QED) is 0.374. The molecule has 9 nitrogen and oxygen atoms in total. The fraction of sp³-hybridized carbons (Fsp3) is 0.273. The monoisotopic (exact) mass is 427 g/mol. The third-order valence-electron chi connectivity index (χ3n) is 4.03. The molecule has 9 heteroatoms. The second-order valence-electron chi connectivity index (χ2n) is 6.39. The lowest BCUT2D eigenvalue weighted by molar-refractivity contribution is -0.137. The van der Waals surface area contributed by atoms with Gasteiger partial charge in [0.15, 0.2) is 0 Å². The number of carboxylic acid groups (broad SMARTS) is 1. The number of nitrogens with one attached hydrogen (secondary N) is 2. The predicted molar refractivity (Wildman–Crippen MR) is 114 cm³/mol. The first-order chi connectivity index (χ1) is 15.0. The highest BCUT2D eigenvalue weighted by Crippen LogP contribution is 2.17. The molecule has 31 heavy (non-hydrogen) atoms. The Morgan fingerprint density at radius 2 is 1.81 bits per heavy atom. The van der Waals surface area contributed by atoms with Gasteiger partial charge in [0.1, 0.15) is 5.75 Å². The van der Waals surface area contributed by atoms with E-state index in [2.05, 4.69) is 15.8 Å². The molecular formula is C22H25N3O6. The number of carbonyl (C=O) groups excluding carboxylic acids is 2. The second kappa shape index (κ2) is 12.6. The fourth-order valence-electron chi connectivity index (χ4n) is 2.57. The number of hydrazone groups is 1. The molecule has 0 aliphatic rings. The summed E-state index contributed by atoms with van der Waals surface area (Å²) in [4.78, 5) is 34.6. The van der Waals surface area contributed by atoms with E-state index >= 15 is 0 Å². The smallest absolute Gasteiger partial charge is 0.407 e. The summed E-state index contributed by atoms with van der Waals surface area (Å²) < 4.78 is 10.2. The largest absolute Gasteiger partial charge is 0.493 e. The molecule has 0 bridgehead atoms. The van der Waals surface area contributed by atoms with Gasteiger partial charge in [0.05, 0.1) is 38.3 Å². The van der Waals surface area contributed by atoms with Crippen molar-refractivity contribution in [1.82, 2.24) is 10.7 Å². The maximum Gasteiger partial charge on any atom is 0.407 e. The summed E-state index contributed by atoms with van der Waals surface area (Å²) in [5.41, 5.74) is 3.93. The normalized spacial score (nSPS) is 11.5. The van der Waals surface area contributed by atoms with Crippen molar-refractivity contribution in [2.45, 2.75) is 25.8 Å². The number of hydrogen-bond acceptors (Lipinski definition) is 6. The summed E-state index contributed by atoms with van der Waals surface area (Å²) >= 11 is 0.